The van der Waals surface area contributed by atoms with Crippen molar-refractivity contribution in [3.05, 3.63) is 46.2 Å². The second kappa shape index (κ2) is 6.65. The van der Waals surface area contributed by atoms with E-state index in [0.29, 0.717) is 10.9 Å². The lowest BCUT2D eigenvalue weighted by atomic mass is 10.1. The number of amides is 2. The van der Waals surface area contributed by atoms with E-state index in [-0.39, 0.29) is 17.4 Å². The molecule has 0 fully saturated rings. The number of carbonyl (C=O) groups is 2. The van der Waals surface area contributed by atoms with Gasteiger partial charge in [0.25, 0.3) is 5.91 Å². The van der Waals surface area contributed by atoms with Gasteiger partial charge in [0.1, 0.15) is 5.82 Å². The van der Waals surface area contributed by atoms with Crippen molar-refractivity contribution in [1.82, 2.24) is 10.9 Å². The molecule has 2 amide bonds. The Morgan fingerprint density at radius 3 is 2.80 bits per heavy atom. The lowest BCUT2D eigenvalue weighted by Crippen LogP contribution is -2.42. The molecule has 1 aromatic carbocycles. The fourth-order valence-corrected chi connectivity index (χ4v) is 2.55. The number of halogens is 2. The number of benzene rings is 1. The number of rotatable bonds is 3. The molecule has 1 atom stereocenters. The van der Waals surface area contributed by atoms with Crippen LogP contribution in [-0.2, 0) is 4.79 Å². The minimum absolute atomic E-state index is 0.240. The van der Waals surface area contributed by atoms with Crippen molar-refractivity contribution in [2.24, 2.45) is 5.92 Å². The molecule has 0 heterocycles. The van der Waals surface area contributed by atoms with Gasteiger partial charge in [-0.1, -0.05) is 12.2 Å². The van der Waals surface area contributed by atoms with Crippen molar-refractivity contribution in [1.29, 1.82) is 0 Å². The van der Waals surface area contributed by atoms with Gasteiger partial charge in [0.05, 0.1) is 5.56 Å². The summed E-state index contributed by atoms with van der Waals surface area (Å²) >= 11 is 3.10. The van der Waals surface area contributed by atoms with Crippen molar-refractivity contribution in [2.45, 2.75) is 19.3 Å². The fourth-order valence-electron chi connectivity index (χ4n) is 2.02. The van der Waals surface area contributed by atoms with Crippen LogP contribution in [0.25, 0.3) is 0 Å². The van der Waals surface area contributed by atoms with Crippen molar-refractivity contribution in [3.63, 3.8) is 0 Å². The zero-order valence-electron chi connectivity index (χ0n) is 10.7. The molecule has 0 spiro atoms. The maximum Gasteiger partial charge on any atom is 0.270 e. The van der Waals surface area contributed by atoms with Crippen LogP contribution in [0, 0.1) is 11.7 Å². The molecule has 0 saturated heterocycles. The van der Waals surface area contributed by atoms with Crippen LogP contribution >= 0.6 is 15.9 Å². The highest BCUT2D eigenvalue weighted by Crippen LogP contribution is 2.20. The molecule has 20 heavy (non-hydrogen) atoms. The minimum atomic E-state index is -0.493. The molecule has 0 aromatic heterocycles. The zero-order chi connectivity index (χ0) is 14.5. The highest BCUT2D eigenvalue weighted by molar-refractivity contribution is 9.10. The Balaban J connectivity index is 1.85. The van der Waals surface area contributed by atoms with E-state index in [1.165, 1.54) is 18.2 Å². The minimum Gasteiger partial charge on any atom is -0.273 e. The predicted octanol–water partition coefficient (Wildman–Crippen LogP) is 2.71. The molecule has 0 aliphatic heterocycles. The van der Waals surface area contributed by atoms with Crippen molar-refractivity contribution < 1.29 is 14.0 Å². The highest BCUT2D eigenvalue weighted by atomic mass is 79.9. The quantitative estimate of drug-likeness (QED) is 0.656. The first-order valence-corrected chi connectivity index (χ1v) is 7.06. The smallest absolute Gasteiger partial charge is 0.270 e. The molecular weight excluding hydrogens is 327 g/mol. The van der Waals surface area contributed by atoms with Crippen LogP contribution in [0.15, 0.2) is 34.8 Å². The topological polar surface area (TPSA) is 58.2 Å². The molecule has 2 rings (SSSR count). The lowest BCUT2D eigenvalue weighted by Gasteiger charge is -2.10. The van der Waals surface area contributed by atoms with Crippen LogP contribution in [0.2, 0.25) is 0 Å². The van der Waals surface area contributed by atoms with E-state index in [1.54, 1.807) is 0 Å². The number of hydrogen-bond donors (Lipinski definition) is 2. The molecule has 1 aliphatic rings. The van der Waals surface area contributed by atoms with Gasteiger partial charge in [-0.15, -0.1) is 0 Å². The summed E-state index contributed by atoms with van der Waals surface area (Å²) in [7, 11) is 0. The molecule has 1 aliphatic carbocycles. The summed E-state index contributed by atoms with van der Waals surface area (Å²) in [6, 6.07) is 3.73. The Labute approximate surface area is 124 Å². The van der Waals surface area contributed by atoms with E-state index in [4.69, 9.17) is 0 Å². The number of carbonyl (C=O) groups excluding carboxylic acids is 2. The third-order valence-corrected chi connectivity index (χ3v) is 3.71. The third kappa shape index (κ3) is 3.90. The van der Waals surface area contributed by atoms with Gasteiger partial charge < -0.3 is 0 Å². The average Bonchev–Trinajstić information content (AvgIpc) is 2.89. The molecule has 4 nitrogen and oxygen atoms in total. The Kier molecular flexibility index (Phi) is 4.89. The normalized spacial score (nSPS) is 17.0. The maximum absolute atomic E-state index is 12.9. The van der Waals surface area contributed by atoms with Crippen LogP contribution in [0.5, 0.6) is 0 Å². The summed E-state index contributed by atoms with van der Waals surface area (Å²) in [5.74, 6) is -0.935. The Bertz CT molecular complexity index is 560. The van der Waals surface area contributed by atoms with Gasteiger partial charge >= 0.3 is 0 Å². The molecule has 6 heteroatoms. The summed E-state index contributed by atoms with van der Waals surface area (Å²) in [4.78, 5) is 23.5. The Morgan fingerprint density at radius 1 is 1.35 bits per heavy atom. The fraction of sp³-hybridized carbons (Fsp3) is 0.286. The van der Waals surface area contributed by atoms with Crippen LogP contribution in [-0.4, -0.2) is 11.8 Å². The highest BCUT2D eigenvalue weighted by Gasteiger charge is 2.15. The predicted molar refractivity (Wildman–Crippen MR) is 76.2 cm³/mol. The zero-order valence-corrected chi connectivity index (χ0v) is 12.2. The number of hydrogen-bond acceptors (Lipinski definition) is 2. The molecule has 0 unspecified atom stereocenters. The van der Waals surface area contributed by atoms with Gasteiger partial charge in [0.2, 0.25) is 5.91 Å². The first kappa shape index (κ1) is 14.7. The van der Waals surface area contributed by atoms with E-state index >= 15 is 0 Å². The van der Waals surface area contributed by atoms with Gasteiger partial charge in [-0.2, -0.15) is 0 Å². The van der Waals surface area contributed by atoms with Gasteiger partial charge in [-0.05, 0) is 52.9 Å². The summed E-state index contributed by atoms with van der Waals surface area (Å²) < 4.78 is 13.3. The number of allylic oxidation sites excluding steroid dienone is 2. The molecule has 2 N–H and O–H groups in total. The van der Waals surface area contributed by atoms with Gasteiger partial charge in [0, 0.05) is 10.9 Å². The van der Waals surface area contributed by atoms with Crippen molar-refractivity contribution in [3.8, 4) is 0 Å². The molecule has 0 radical (unpaired) electrons. The van der Waals surface area contributed by atoms with E-state index in [1.807, 2.05) is 12.2 Å². The Hall–Kier alpha value is -1.69. The summed E-state index contributed by atoms with van der Waals surface area (Å²) in [6.45, 7) is 0. The third-order valence-electron chi connectivity index (χ3n) is 3.05. The van der Waals surface area contributed by atoms with E-state index < -0.39 is 11.7 Å². The summed E-state index contributed by atoms with van der Waals surface area (Å²) in [6.07, 6.45) is 6.36. The van der Waals surface area contributed by atoms with E-state index in [0.717, 1.165) is 12.8 Å². The summed E-state index contributed by atoms with van der Waals surface area (Å²) in [5.41, 5.74) is 4.94. The van der Waals surface area contributed by atoms with Crippen LogP contribution in [0.4, 0.5) is 4.39 Å². The van der Waals surface area contributed by atoms with Gasteiger partial charge in [0.15, 0.2) is 0 Å². The van der Waals surface area contributed by atoms with Crippen LogP contribution < -0.4 is 10.9 Å². The molecule has 0 saturated carbocycles. The molecule has 0 bridgehead atoms. The number of hydrazine groups is 1. The molecule has 1 aromatic rings. The van der Waals surface area contributed by atoms with E-state index in [9.17, 15) is 14.0 Å². The first-order chi connectivity index (χ1) is 9.56. The van der Waals surface area contributed by atoms with E-state index in [2.05, 4.69) is 26.8 Å². The van der Waals surface area contributed by atoms with Gasteiger partial charge in [-0.3, -0.25) is 20.4 Å². The molecule has 106 valence electrons. The van der Waals surface area contributed by atoms with Crippen LogP contribution in [0.3, 0.4) is 0 Å². The lowest BCUT2D eigenvalue weighted by molar-refractivity contribution is -0.122. The van der Waals surface area contributed by atoms with Crippen molar-refractivity contribution >= 4 is 27.7 Å². The van der Waals surface area contributed by atoms with Crippen molar-refractivity contribution in [2.75, 3.05) is 0 Å². The molecular formula is C14H14BrFN2O2. The standard InChI is InChI=1S/C14H14BrFN2O2/c15-12-8-10(16)5-6-11(12)14(20)18-17-13(19)7-9-3-1-2-4-9/h1,3,5-6,8-9H,2,4,7H2,(H,17,19)(H,18,20)/t9-/m0/s1. The van der Waals surface area contributed by atoms with Crippen LogP contribution in [0.1, 0.15) is 29.6 Å². The second-order valence-corrected chi connectivity index (χ2v) is 5.45. The first-order valence-electron chi connectivity index (χ1n) is 6.27. The monoisotopic (exact) mass is 340 g/mol. The SMILES string of the molecule is O=C(C[C@H]1C=CCC1)NNC(=O)c1ccc(F)cc1Br. The largest absolute Gasteiger partial charge is 0.273 e. The number of nitrogens with one attached hydrogen (secondary N) is 2. The maximum atomic E-state index is 12.9. The Morgan fingerprint density at radius 2 is 2.15 bits per heavy atom. The van der Waals surface area contributed by atoms with Gasteiger partial charge in [-0.25, -0.2) is 4.39 Å². The average molecular weight is 341 g/mol. The summed E-state index contributed by atoms with van der Waals surface area (Å²) in [5, 5.41) is 0. The second-order valence-electron chi connectivity index (χ2n) is 4.60.